The van der Waals surface area contributed by atoms with Gasteiger partial charge in [-0.1, -0.05) is 18.2 Å². The summed E-state index contributed by atoms with van der Waals surface area (Å²) in [7, 11) is 0. The number of aromatic nitrogens is 1. The number of fused-ring (bicyclic) bond motifs is 1. The number of anilines is 1. The molecule has 0 radical (unpaired) electrons. The van der Waals surface area contributed by atoms with Crippen molar-refractivity contribution in [2.24, 2.45) is 0 Å². The molecule has 0 spiro atoms. The Balaban J connectivity index is 2.14. The molecule has 1 aromatic heterocycles. The predicted molar refractivity (Wildman–Crippen MR) is 57.3 cm³/mol. The van der Waals surface area contributed by atoms with Crippen molar-refractivity contribution in [1.29, 1.82) is 0 Å². The van der Waals surface area contributed by atoms with Gasteiger partial charge in [-0.3, -0.25) is 0 Å². The first-order valence-corrected chi connectivity index (χ1v) is 4.60. The third-order valence-electron chi connectivity index (χ3n) is 1.92. The molecule has 1 heterocycles. The fourth-order valence-corrected chi connectivity index (χ4v) is 1.23. The molecule has 0 unspecified atom stereocenters. The van der Waals surface area contributed by atoms with Gasteiger partial charge in [0, 0.05) is 6.54 Å². The molecule has 1 aromatic carbocycles. The van der Waals surface area contributed by atoms with Gasteiger partial charge in [0.1, 0.15) is 5.52 Å². The Morgan fingerprint density at radius 3 is 3.07 bits per heavy atom. The van der Waals surface area contributed by atoms with Gasteiger partial charge in [-0.25, -0.2) is 0 Å². The zero-order valence-electron chi connectivity index (χ0n) is 7.86. The molecule has 0 aliphatic heterocycles. The standard InChI is InChI=1S/C11H12N2O/c1-2-3-8-12-11-13-9-6-4-5-7-10(9)14-11/h2,4-7H,1,3,8H2,(H,12,13). The van der Waals surface area contributed by atoms with Crippen LogP contribution < -0.4 is 5.32 Å². The number of benzene rings is 1. The Hall–Kier alpha value is -1.77. The maximum Gasteiger partial charge on any atom is 0.295 e. The second-order valence-corrected chi connectivity index (χ2v) is 2.99. The molecule has 0 fully saturated rings. The Bertz CT molecular complexity index is 401. The van der Waals surface area contributed by atoms with E-state index in [2.05, 4.69) is 16.9 Å². The summed E-state index contributed by atoms with van der Waals surface area (Å²) in [5.41, 5.74) is 1.70. The van der Waals surface area contributed by atoms with E-state index in [1.54, 1.807) is 0 Å². The maximum atomic E-state index is 5.46. The Morgan fingerprint density at radius 2 is 2.29 bits per heavy atom. The molecule has 3 heteroatoms. The highest BCUT2D eigenvalue weighted by Gasteiger charge is 2.02. The van der Waals surface area contributed by atoms with E-state index >= 15 is 0 Å². The van der Waals surface area contributed by atoms with Crippen LogP contribution in [0.25, 0.3) is 11.1 Å². The summed E-state index contributed by atoms with van der Waals surface area (Å²) in [5, 5.41) is 3.09. The third kappa shape index (κ3) is 1.76. The minimum absolute atomic E-state index is 0.577. The van der Waals surface area contributed by atoms with E-state index in [1.165, 1.54) is 0 Å². The smallest absolute Gasteiger partial charge is 0.295 e. The topological polar surface area (TPSA) is 38.1 Å². The van der Waals surface area contributed by atoms with E-state index in [9.17, 15) is 0 Å². The summed E-state index contributed by atoms with van der Waals surface area (Å²) >= 11 is 0. The molecule has 72 valence electrons. The predicted octanol–water partition coefficient (Wildman–Crippen LogP) is 2.82. The van der Waals surface area contributed by atoms with Crippen LogP contribution >= 0.6 is 0 Å². The van der Waals surface area contributed by atoms with Crippen LogP contribution in [0.4, 0.5) is 6.01 Å². The highest BCUT2D eigenvalue weighted by atomic mass is 16.4. The van der Waals surface area contributed by atoms with Crippen LogP contribution in [0, 0.1) is 0 Å². The fourth-order valence-electron chi connectivity index (χ4n) is 1.23. The van der Waals surface area contributed by atoms with Crippen molar-refractivity contribution < 1.29 is 4.42 Å². The normalized spacial score (nSPS) is 10.3. The first-order chi connectivity index (χ1) is 6.90. The lowest BCUT2D eigenvalue weighted by Crippen LogP contribution is -1.99. The number of nitrogens with one attached hydrogen (secondary N) is 1. The van der Waals surface area contributed by atoms with E-state index in [0.717, 1.165) is 24.1 Å². The van der Waals surface area contributed by atoms with E-state index in [4.69, 9.17) is 4.42 Å². The summed E-state index contributed by atoms with van der Waals surface area (Å²) in [6.45, 7) is 4.45. The number of nitrogens with zero attached hydrogens (tertiary/aromatic N) is 1. The lowest BCUT2D eigenvalue weighted by Gasteiger charge is -1.95. The maximum absolute atomic E-state index is 5.46. The molecule has 2 rings (SSSR count). The van der Waals surface area contributed by atoms with Crippen molar-refractivity contribution in [3.05, 3.63) is 36.9 Å². The molecular weight excluding hydrogens is 176 g/mol. The van der Waals surface area contributed by atoms with Crippen molar-refractivity contribution in [3.8, 4) is 0 Å². The Labute approximate surface area is 82.4 Å². The molecule has 3 nitrogen and oxygen atoms in total. The molecule has 0 aliphatic rings. The van der Waals surface area contributed by atoms with Crippen LogP contribution in [-0.2, 0) is 0 Å². The van der Waals surface area contributed by atoms with E-state index in [1.807, 2.05) is 30.3 Å². The van der Waals surface area contributed by atoms with Gasteiger partial charge < -0.3 is 9.73 Å². The summed E-state index contributed by atoms with van der Waals surface area (Å²) in [6.07, 6.45) is 2.76. The molecule has 0 saturated carbocycles. The van der Waals surface area contributed by atoms with E-state index in [-0.39, 0.29) is 0 Å². The van der Waals surface area contributed by atoms with Crippen LogP contribution in [-0.4, -0.2) is 11.5 Å². The van der Waals surface area contributed by atoms with Crippen molar-refractivity contribution in [1.82, 2.24) is 4.98 Å². The van der Waals surface area contributed by atoms with Gasteiger partial charge in [0.05, 0.1) is 0 Å². The summed E-state index contributed by atoms with van der Waals surface area (Å²) in [6, 6.07) is 8.28. The summed E-state index contributed by atoms with van der Waals surface area (Å²) in [5.74, 6) is 0. The monoisotopic (exact) mass is 188 g/mol. The highest BCUT2D eigenvalue weighted by molar-refractivity contribution is 5.74. The Kier molecular flexibility index (Phi) is 2.49. The van der Waals surface area contributed by atoms with Crippen LogP contribution in [0.5, 0.6) is 0 Å². The average Bonchev–Trinajstić information content (AvgIpc) is 2.60. The van der Waals surface area contributed by atoms with Crippen molar-refractivity contribution in [2.45, 2.75) is 6.42 Å². The fraction of sp³-hybridized carbons (Fsp3) is 0.182. The van der Waals surface area contributed by atoms with E-state index < -0.39 is 0 Å². The number of para-hydroxylation sites is 2. The summed E-state index contributed by atoms with van der Waals surface area (Å²) < 4.78 is 5.46. The van der Waals surface area contributed by atoms with Crippen LogP contribution in [0.3, 0.4) is 0 Å². The average molecular weight is 188 g/mol. The Morgan fingerprint density at radius 1 is 1.43 bits per heavy atom. The number of hydrogen-bond acceptors (Lipinski definition) is 3. The van der Waals surface area contributed by atoms with Gasteiger partial charge in [-0.15, -0.1) is 6.58 Å². The molecule has 14 heavy (non-hydrogen) atoms. The van der Waals surface area contributed by atoms with Gasteiger partial charge >= 0.3 is 0 Å². The third-order valence-corrected chi connectivity index (χ3v) is 1.92. The first kappa shape index (κ1) is 8.81. The number of rotatable bonds is 4. The van der Waals surface area contributed by atoms with Crippen molar-refractivity contribution >= 4 is 17.1 Å². The molecule has 0 aliphatic carbocycles. The van der Waals surface area contributed by atoms with Crippen LogP contribution in [0.1, 0.15) is 6.42 Å². The SMILES string of the molecule is C=CCCNc1nc2ccccc2o1. The molecule has 0 saturated heterocycles. The molecule has 1 N–H and O–H groups in total. The summed E-state index contributed by atoms with van der Waals surface area (Å²) in [4.78, 5) is 4.27. The van der Waals surface area contributed by atoms with Gasteiger partial charge in [-0.2, -0.15) is 4.98 Å². The van der Waals surface area contributed by atoms with Gasteiger partial charge in [-0.05, 0) is 18.6 Å². The second-order valence-electron chi connectivity index (χ2n) is 2.99. The van der Waals surface area contributed by atoms with E-state index in [0.29, 0.717) is 6.01 Å². The quantitative estimate of drug-likeness (QED) is 0.592. The second kappa shape index (κ2) is 3.96. The molecular formula is C11H12N2O. The number of oxazole rings is 1. The highest BCUT2D eigenvalue weighted by Crippen LogP contribution is 2.17. The molecule has 0 atom stereocenters. The molecule has 2 aromatic rings. The lowest BCUT2D eigenvalue weighted by atomic mass is 10.3. The zero-order valence-corrected chi connectivity index (χ0v) is 7.86. The molecule has 0 amide bonds. The van der Waals surface area contributed by atoms with Crippen molar-refractivity contribution in [2.75, 3.05) is 11.9 Å². The lowest BCUT2D eigenvalue weighted by molar-refractivity contribution is 0.615. The van der Waals surface area contributed by atoms with Gasteiger partial charge in [0.2, 0.25) is 0 Å². The zero-order chi connectivity index (χ0) is 9.80. The minimum atomic E-state index is 0.577. The van der Waals surface area contributed by atoms with Crippen LogP contribution in [0.15, 0.2) is 41.3 Å². The van der Waals surface area contributed by atoms with Gasteiger partial charge in [0.25, 0.3) is 6.01 Å². The first-order valence-electron chi connectivity index (χ1n) is 4.60. The van der Waals surface area contributed by atoms with Crippen LogP contribution in [0.2, 0.25) is 0 Å². The van der Waals surface area contributed by atoms with Gasteiger partial charge in [0.15, 0.2) is 5.58 Å². The van der Waals surface area contributed by atoms with Crippen molar-refractivity contribution in [3.63, 3.8) is 0 Å². The molecule has 0 bridgehead atoms. The minimum Gasteiger partial charge on any atom is -0.424 e. The largest absolute Gasteiger partial charge is 0.424 e. The number of hydrogen-bond donors (Lipinski definition) is 1.